The van der Waals surface area contributed by atoms with Gasteiger partial charge >= 0.3 is 0 Å². The number of aromatic nitrogens is 2. The molecule has 2 heterocycles. The highest BCUT2D eigenvalue weighted by Gasteiger charge is 2.18. The number of benzene rings is 2. The van der Waals surface area contributed by atoms with Crippen LogP contribution in [0.4, 0.5) is 0 Å². The van der Waals surface area contributed by atoms with E-state index in [1.54, 1.807) is 4.57 Å². The fourth-order valence-corrected chi connectivity index (χ4v) is 5.75. The summed E-state index contributed by atoms with van der Waals surface area (Å²) in [4.78, 5) is 32.3. The fraction of sp³-hybridized carbons (Fsp3) is 0.320. The molecule has 2 aromatic carbocycles. The first kappa shape index (κ1) is 23.5. The number of fused-ring (bicyclic) bond motifs is 3. The largest absolute Gasteiger partial charge is 0.351 e. The number of nitrogens with zero attached hydrogens (tertiary/aromatic N) is 2. The zero-order valence-electron chi connectivity index (χ0n) is 19.0. The Kier molecular flexibility index (Phi) is 7.80. The summed E-state index contributed by atoms with van der Waals surface area (Å²) >= 11 is 2.83. The molecular formula is C25H29N4O2S2+. The van der Waals surface area contributed by atoms with E-state index in [1.807, 2.05) is 54.6 Å². The quantitative estimate of drug-likeness (QED) is 0.270. The molecule has 6 nitrogen and oxygen atoms in total. The lowest BCUT2D eigenvalue weighted by atomic mass is 10.2. The number of likely N-dealkylation sites (N-methyl/N-ethyl adjacent to an activating group) is 1. The van der Waals surface area contributed by atoms with E-state index < -0.39 is 0 Å². The molecule has 0 aliphatic heterocycles. The smallest absolute Gasteiger partial charge is 0.272 e. The van der Waals surface area contributed by atoms with Gasteiger partial charge in [-0.1, -0.05) is 60.3 Å². The van der Waals surface area contributed by atoms with Crippen LogP contribution < -0.4 is 15.8 Å². The Morgan fingerprint density at radius 3 is 2.58 bits per heavy atom. The summed E-state index contributed by atoms with van der Waals surface area (Å²) in [7, 11) is 0. The maximum atomic E-state index is 13.5. The highest BCUT2D eigenvalue weighted by atomic mass is 32.2. The molecule has 8 heteroatoms. The summed E-state index contributed by atoms with van der Waals surface area (Å²) in [5.74, 6) is 0.139. The van der Waals surface area contributed by atoms with Gasteiger partial charge in [0, 0.05) is 16.6 Å². The number of nitrogens with one attached hydrogen (secondary N) is 2. The average molecular weight is 482 g/mol. The number of carbonyl (C=O) groups is 1. The van der Waals surface area contributed by atoms with E-state index in [0.29, 0.717) is 22.9 Å². The van der Waals surface area contributed by atoms with Crippen molar-refractivity contribution in [1.82, 2.24) is 14.9 Å². The van der Waals surface area contributed by atoms with Gasteiger partial charge in [-0.25, -0.2) is 4.98 Å². The molecule has 0 aliphatic carbocycles. The van der Waals surface area contributed by atoms with E-state index in [2.05, 4.69) is 19.2 Å². The molecule has 2 aromatic heterocycles. The van der Waals surface area contributed by atoms with Crippen LogP contribution in [-0.4, -0.2) is 40.8 Å². The van der Waals surface area contributed by atoms with Gasteiger partial charge in [-0.2, -0.15) is 0 Å². The topological polar surface area (TPSA) is 68.4 Å². The first-order valence-corrected chi connectivity index (χ1v) is 13.1. The molecule has 0 saturated carbocycles. The molecule has 0 aliphatic rings. The molecule has 0 atom stereocenters. The van der Waals surface area contributed by atoms with Crippen molar-refractivity contribution < 1.29 is 9.69 Å². The molecule has 0 saturated heterocycles. The molecule has 0 unspecified atom stereocenters. The monoisotopic (exact) mass is 481 g/mol. The summed E-state index contributed by atoms with van der Waals surface area (Å²) < 4.78 is 3.50. The van der Waals surface area contributed by atoms with Crippen LogP contribution in [0.15, 0.2) is 64.5 Å². The van der Waals surface area contributed by atoms with E-state index >= 15 is 0 Å². The van der Waals surface area contributed by atoms with E-state index in [1.165, 1.54) is 28.0 Å². The minimum atomic E-state index is -0.0747. The van der Waals surface area contributed by atoms with Gasteiger partial charge in [0.2, 0.25) is 5.91 Å². The molecule has 172 valence electrons. The zero-order valence-corrected chi connectivity index (χ0v) is 20.6. The van der Waals surface area contributed by atoms with Crippen molar-refractivity contribution in [3.63, 3.8) is 0 Å². The molecule has 0 radical (unpaired) electrons. The van der Waals surface area contributed by atoms with Gasteiger partial charge < -0.3 is 10.2 Å². The van der Waals surface area contributed by atoms with Crippen molar-refractivity contribution in [2.24, 2.45) is 0 Å². The number of thioether (sulfide) groups is 1. The summed E-state index contributed by atoms with van der Waals surface area (Å²) in [6.07, 6.45) is 0. The third-order valence-corrected chi connectivity index (χ3v) is 7.93. The third-order valence-electron chi connectivity index (χ3n) is 5.80. The SMILES string of the molecule is CC[NH+](CC)CCn1c(SCC(=O)NCc2ccccc2)nc2c(sc3ccccc32)c1=O. The Labute approximate surface area is 201 Å². The second kappa shape index (κ2) is 11.0. The van der Waals surface area contributed by atoms with Crippen LogP contribution in [0.5, 0.6) is 0 Å². The van der Waals surface area contributed by atoms with E-state index in [-0.39, 0.29) is 17.2 Å². The number of quaternary nitrogens is 1. The van der Waals surface area contributed by atoms with Gasteiger partial charge in [-0.05, 0) is 25.5 Å². The van der Waals surface area contributed by atoms with Gasteiger partial charge in [0.25, 0.3) is 5.56 Å². The molecular weight excluding hydrogens is 452 g/mol. The van der Waals surface area contributed by atoms with Crippen LogP contribution in [0.2, 0.25) is 0 Å². The highest BCUT2D eigenvalue weighted by molar-refractivity contribution is 7.99. The van der Waals surface area contributed by atoms with Gasteiger partial charge in [-0.3, -0.25) is 14.2 Å². The predicted molar refractivity (Wildman–Crippen MR) is 137 cm³/mol. The van der Waals surface area contributed by atoms with Crippen LogP contribution in [-0.2, 0) is 17.9 Å². The number of carbonyl (C=O) groups excluding carboxylic acids is 1. The molecule has 2 N–H and O–H groups in total. The lowest BCUT2D eigenvalue weighted by Gasteiger charge is -2.17. The van der Waals surface area contributed by atoms with E-state index in [0.717, 1.165) is 40.8 Å². The molecule has 4 aromatic rings. The molecule has 0 bridgehead atoms. The maximum Gasteiger partial charge on any atom is 0.272 e. The summed E-state index contributed by atoms with van der Waals surface area (Å²) in [5.41, 5.74) is 1.78. The van der Waals surface area contributed by atoms with E-state index in [9.17, 15) is 9.59 Å². The summed E-state index contributed by atoms with van der Waals surface area (Å²) in [5, 5.41) is 4.56. The van der Waals surface area contributed by atoms with Crippen molar-refractivity contribution in [1.29, 1.82) is 0 Å². The van der Waals surface area contributed by atoms with Crippen LogP contribution >= 0.6 is 23.1 Å². The van der Waals surface area contributed by atoms with E-state index in [4.69, 9.17) is 4.98 Å². The van der Waals surface area contributed by atoms with Crippen molar-refractivity contribution in [2.75, 3.05) is 25.4 Å². The van der Waals surface area contributed by atoms with Gasteiger partial charge in [0.05, 0.1) is 37.4 Å². The minimum absolute atomic E-state index is 0.0139. The lowest BCUT2D eigenvalue weighted by Crippen LogP contribution is -3.11. The Morgan fingerprint density at radius 1 is 1.09 bits per heavy atom. The first-order chi connectivity index (χ1) is 16.1. The Hall–Kier alpha value is -2.68. The van der Waals surface area contributed by atoms with Gasteiger partial charge in [0.15, 0.2) is 5.16 Å². The van der Waals surface area contributed by atoms with Crippen LogP contribution in [0.1, 0.15) is 19.4 Å². The fourth-order valence-electron chi connectivity index (χ4n) is 3.81. The lowest BCUT2D eigenvalue weighted by molar-refractivity contribution is -0.897. The zero-order chi connectivity index (χ0) is 23.2. The van der Waals surface area contributed by atoms with Crippen molar-refractivity contribution in [3.8, 4) is 0 Å². The summed E-state index contributed by atoms with van der Waals surface area (Å²) in [6.45, 7) is 8.24. The minimum Gasteiger partial charge on any atom is -0.351 e. The van der Waals surface area contributed by atoms with Crippen molar-refractivity contribution >= 4 is 49.3 Å². The number of amides is 1. The predicted octanol–water partition coefficient (Wildman–Crippen LogP) is 2.94. The number of hydrogen-bond donors (Lipinski definition) is 2. The van der Waals surface area contributed by atoms with Crippen molar-refractivity contribution in [2.45, 2.75) is 32.1 Å². The Bertz CT molecular complexity index is 1300. The second-order valence-electron chi connectivity index (χ2n) is 7.89. The normalized spacial score (nSPS) is 11.5. The second-order valence-corrected chi connectivity index (χ2v) is 9.88. The molecule has 0 fully saturated rings. The van der Waals surface area contributed by atoms with Crippen LogP contribution in [0.3, 0.4) is 0 Å². The maximum absolute atomic E-state index is 13.5. The van der Waals surface area contributed by atoms with Crippen molar-refractivity contribution in [3.05, 3.63) is 70.5 Å². The average Bonchev–Trinajstić information content (AvgIpc) is 3.23. The first-order valence-electron chi connectivity index (χ1n) is 11.3. The Balaban J connectivity index is 1.59. The molecule has 1 amide bonds. The highest BCUT2D eigenvalue weighted by Crippen LogP contribution is 2.31. The molecule has 0 spiro atoms. The molecule has 4 rings (SSSR count). The van der Waals surface area contributed by atoms with Gasteiger partial charge in [0.1, 0.15) is 4.70 Å². The number of rotatable bonds is 10. The van der Waals surface area contributed by atoms with Crippen LogP contribution in [0, 0.1) is 0 Å². The summed E-state index contributed by atoms with van der Waals surface area (Å²) in [6, 6.07) is 17.8. The van der Waals surface area contributed by atoms with Gasteiger partial charge in [-0.15, -0.1) is 11.3 Å². The number of thiophene rings is 1. The number of hydrogen-bond acceptors (Lipinski definition) is 5. The Morgan fingerprint density at radius 2 is 1.82 bits per heavy atom. The van der Waals surface area contributed by atoms with Crippen LogP contribution in [0.25, 0.3) is 20.3 Å². The standard InChI is InChI=1S/C25H28N4O2S2/c1-3-28(4-2)14-15-29-24(31)23-22(19-12-8-9-13-20(19)33-23)27-25(29)32-17-21(30)26-16-18-10-6-5-7-11-18/h5-13H,3-4,14-17H2,1-2H3,(H,26,30)/p+1. The molecule has 33 heavy (non-hydrogen) atoms. The third kappa shape index (κ3) is 5.46.